The average Bonchev–Trinajstić information content (AvgIpc) is 3.51. The van der Waals surface area contributed by atoms with Crippen LogP contribution in [0.3, 0.4) is 0 Å². The van der Waals surface area contributed by atoms with Crippen LogP contribution in [0.1, 0.15) is 22.8 Å². The molecule has 0 unspecified atom stereocenters. The second-order valence-electron chi connectivity index (χ2n) is 8.01. The van der Waals surface area contributed by atoms with Gasteiger partial charge in [0.2, 0.25) is 17.7 Å². The number of carbonyl (C=O) groups excluding carboxylic acids is 2. The molecule has 2 aliphatic heterocycles. The van der Waals surface area contributed by atoms with E-state index >= 15 is 0 Å². The molecule has 2 N–H and O–H groups in total. The van der Waals surface area contributed by atoms with Crippen LogP contribution in [0.5, 0.6) is 0 Å². The molecule has 31 heavy (non-hydrogen) atoms. The van der Waals surface area contributed by atoms with E-state index in [1.165, 1.54) is 0 Å². The number of hydrogen-bond donors (Lipinski definition) is 2. The number of carbonyl (C=O) groups is 2. The van der Waals surface area contributed by atoms with Gasteiger partial charge in [0.25, 0.3) is 5.91 Å². The Labute approximate surface area is 178 Å². The SMILES string of the molecule is Cn1cnc(C(=O)N[C@H]2C[C@H]3C(=O)NC[C@@H](Cc4nnc(-c5ccccc5)o4)N3C2)c1. The predicted molar refractivity (Wildman–Crippen MR) is 110 cm³/mol. The van der Waals surface area contributed by atoms with Crippen LogP contribution in [0, 0.1) is 0 Å². The molecule has 0 radical (unpaired) electrons. The van der Waals surface area contributed by atoms with E-state index in [2.05, 4.69) is 30.7 Å². The average molecular weight is 421 g/mol. The number of amides is 2. The maximum atomic E-state index is 12.5. The summed E-state index contributed by atoms with van der Waals surface area (Å²) < 4.78 is 7.58. The van der Waals surface area contributed by atoms with Gasteiger partial charge < -0.3 is 19.6 Å². The van der Waals surface area contributed by atoms with E-state index in [1.54, 1.807) is 17.1 Å². The van der Waals surface area contributed by atoms with Crippen LogP contribution in [0.15, 0.2) is 47.3 Å². The number of rotatable bonds is 5. The molecule has 2 fully saturated rings. The van der Waals surface area contributed by atoms with Crippen LogP contribution < -0.4 is 10.6 Å². The lowest BCUT2D eigenvalue weighted by Gasteiger charge is -2.36. The van der Waals surface area contributed by atoms with Gasteiger partial charge in [-0.15, -0.1) is 10.2 Å². The molecule has 0 saturated carbocycles. The fourth-order valence-electron chi connectivity index (χ4n) is 4.29. The fraction of sp³-hybridized carbons (Fsp3) is 0.381. The summed E-state index contributed by atoms with van der Waals surface area (Å²) in [5.74, 6) is 0.766. The molecule has 3 aromatic rings. The number of imidazole rings is 1. The van der Waals surface area contributed by atoms with E-state index in [1.807, 2.05) is 37.4 Å². The molecule has 2 amide bonds. The molecule has 0 bridgehead atoms. The van der Waals surface area contributed by atoms with Gasteiger partial charge >= 0.3 is 0 Å². The predicted octanol–water partition coefficient (Wildman–Crippen LogP) is 0.384. The molecule has 4 heterocycles. The second kappa shape index (κ2) is 7.95. The van der Waals surface area contributed by atoms with Gasteiger partial charge in [0.1, 0.15) is 5.69 Å². The molecule has 2 saturated heterocycles. The van der Waals surface area contributed by atoms with Crippen LogP contribution in [0.4, 0.5) is 0 Å². The zero-order valence-electron chi connectivity index (χ0n) is 17.1. The minimum Gasteiger partial charge on any atom is -0.421 e. The highest BCUT2D eigenvalue weighted by Crippen LogP contribution is 2.26. The van der Waals surface area contributed by atoms with E-state index in [0.29, 0.717) is 43.4 Å². The molecule has 10 heteroatoms. The Morgan fingerprint density at radius 3 is 2.90 bits per heavy atom. The minimum atomic E-state index is -0.288. The van der Waals surface area contributed by atoms with Gasteiger partial charge in [0, 0.05) is 50.4 Å². The van der Waals surface area contributed by atoms with Crippen molar-refractivity contribution in [2.45, 2.75) is 31.0 Å². The number of piperazine rings is 1. The number of aromatic nitrogens is 4. The molecule has 2 aromatic heterocycles. The van der Waals surface area contributed by atoms with E-state index in [4.69, 9.17) is 4.42 Å². The number of hydrogen-bond acceptors (Lipinski definition) is 7. The molecule has 10 nitrogen and oxygen atoms in total. The van der Waals surface area contributed by atoms with Gasteiger partial charge in [0.15, 0.2) is 0 Å². The van der Waals surface area contributed by atoms with E-state index < -0.39 is 0 Å². The Kier molecular flexibility index (Phi) is 4.99. The molecule has 0 aliphatic carbocycles. The van der Waals surface area contributed by atoms with Crippen molar-refractivity contribution < 1.29 is 14.0 Å². The number of nitrogens with zero attached hydrogens (tertiary/aromatic N) is 5. The van der Waals surface area contributed by atoms with Crippen LogP contribution in [0.2, 0.25) is 0 Å². The molecule has 2 aliphatic rings. The summed E-state index contributed by atoms with van der Waals surface area (Å²) >= 11 is 0. The molecule has 1 aromatic carbocycles. The van der Waals surface area contributed by atoms with Crippen LogP contribution >= 0.6 is 0 Å². The van der Waals surface area contributed by atoms with Gasteiger partial charge in [-0.05, 0) is 18.6 Å². The quantitative estimate of drug-likeness (QED) is 0.612. The van der Waals surface area contributed by atoms with Crippen molar-refractivity contribution in [2.75, 3.05) is 13.1 Å². The summed E-state index contributed by atoms with van der Waals surface area (Å²) in [6.07, 6.45) is 4.34. The normalized spacial score (nSPS) is 23.4. The Bertz CT molecular complexity index is 1090. The third-order valence-electron chi connectivity index (χ3n) is 5.79. The van der Waals surface area contributed by atoms with Crippen LogP contribution in [-0.4, -0.2) is 67.7 Å². The van der Waals surface area contributed by atoms with Crippen molar-refractivity contribution in [2.24, 2.45) is 7.05 Å². The van der Waals surface area contributed by atoms with Crippen molar-refractivity contribution in [3.05, 3.63) is 54.4 Å². The fourth-order valence-corrected chi connectivity index (χ4v) is 4.29. The summed E-state index contributed by atoms with van der Waals surface area (Å²) in [6.45, 7) is 1.08. The van der Waals surface area contributed by atoms with E-state index in [9.17, 15) is 9.59 Å². The topological polar surface area (TPSA) is 118 Å². The van der Waals surface area contributed by atoms with Gasteiger partial charge in [0.05, 0.1) is 12.4 Å². The van der Waals surface area contributed by atoms with E-state index in [0.717, 1.165) is 5.56 Å². The maximum absolute atomic E-state index is 12.5. The standard InChI is InChI=1S/C21H23N7O3/c1-27-11-16(23-12-27)19(29)24-14-7-17-20(30)22-9-15(28(17)10-14)8-18-25-26-21(31-18)13-5-3-2-4-6-13/h2-6,11-12,14-15,17H,7-10H2,1H3,(H,22,30)(H,24,29)/t14-,15+,17-/m0/s1. The molecular weight excluding hydrogens is 398 g/mol. The first-order chi connectivity index (χ1) is 15.1. The zero-order valence-corrected chi connectivity index (χ0v) is 17.1. The van der Waals surface area contributed by atoms with Crippen molar-refractivity contribution in [1.29, 1.82) is 0 Å². The largest absolute Gasteiger partial charge is 0.421 e. The number of nitrogens with one attached hydrogen (secondary N) is 2. The van der Waals surface area contributed by atoms with Crippen molar-refractivity contribution >= 4 is 11.8 Å². The minimum absolute atomic E-state index is 0.0126. The third kappa shape index (κ3) is 3.93. The van der Waals surface area contributed by atoms with Crippen LogP contribution in [-0.2, 0) is 18.3 Å². The Hall–Kier alpha value is -3.53. The van der Waals surface area contributed by atoms with Gasteiger partial charge in [-0.3, -0.25) is 14.5 Å². The maximum Gasteiger partial charge on any atom is 0.271 e. The molecule has 0 spiro atoms. The first kappa shape index (κ1) is 19.4. The first-order valence-electron chi connectivity index (χ1n) is 10.3. The van der Waals surface area contributed by atoms with E-state index in [-0.39, 0.29) is 29.9 Å². The van der Waals surface area contributed by atoms with Crippen LogP contribution in [0.25, 0.3) is 11.5 Å². The van der Waals surface area contributed by atoms with Crippen molar-refractivity contribution in [1.82, 2.24) is 35.3 Å². The molecular formula is C21H23N7O3. The monoisotopic (exact) mass is 421 g/mol. The number of benzene rings is 1. The van der Waals surface area contributed by atoms with Gasteiger partial charge in [-0.25, -0.2) is 4.98 Å². The lowest BCUT2D eigenvalue weighted by atomic mass is 10.1. The first-order valence-corrected chi connectivity index (χ1v) is 10.3. The Morgan fingerprint density at radius 1 is 1.29 bits per heavy atom. The van der Waals surface area contributed by atoms with Crippen molar-refractivity contribution in [3.8, 4) is 11.5 Å². The molecule has 5 rings (SSSR count). The summed E-state index contributed by atoms with van der Waals surface area (Å²) in [4.78, 5) is 31.1. The summed E-state index contributed by atoms with van der Waals surface area (Å²) in [5.41, 5.74) is 1.24. The highest BCUT2D eigenvalue weighted by atomic mass is 16.4. The highest BCUT2D eigenvalue weighted by Gasteiger charge is 2.44. The number of aryl methyl sites for hydroxylation is 1. The lowest BCUT2D eigenvalue weighted by molar-refractivity contribution is -0.129. The number of fused-ring (bicyclic) bond motifs is 1. The highest BCUT2D eigenvalue weighted by molar-refractivity contribution is 5.92. The molecule has 160 valence electrons. The Morgan fingerprint density at radius 2 is 2.13 bits per heavy atom. The second-order valence-corrected chi connectivity index (χ2v) is 8.01. The lowest BCUT2D eigenvalue weighted by Crippen LogP contribution is -2.58. The zero-order chi connectivity index (χ0) is 21.4. The summed E-state index contributed by atoms with van der Waals surface area (Å²) in [5, 5.41) is 14.3. The van der Waals surface area contributed by atoms with Gasteiger partial charge in [-0.2, -0.15) is 0 Å². The third-order valence-corrected chi connectivity index (χ3v) is 5.79. The smallest absolute Gasteiger partial charge is 0.271 e. The summed E-state index contributed by atoms with van der Waals surface area (Å²) in [7, 11) is 1.81. The van der Waals surface area contributed by atoms with Crippen molar-refractivity contribution in [3.63, 3.8) is 0 Å². The molecule has 3 atom stereocenters. The Balaban J connectivity index is 1.26. The van der Waals surface area contributed by atoms with Gasteiger partial charge in [-0.1, -0.05) is 18.2 Å². The summed E-state index contributed by atoms with van der Waals surface area (Å²) in [6, 6.07) is 9.21.